The van der Waals surface area contributed by atoms with E-state index >= 15 is 0 Å². The normalized spacial score (nSPS) is 11.0. The zero-order valence-corrected chi connectivity index (χ0v) is 15.2. The molecule has 0 radical (unpaired) electrons. The van der Waals surface area contributed by atoms with Crippen molar-refractivity contribution in [3.05, 3.63) is 54.5 Å². The molecule has 0 spiro atoms. The molecule has 1 amide bonds. The van der Waals surface area contributed by atoms with Crippen molar-refractivity contribution in [1.82, 2.24) is 14.1 Å². The Morgan fingerprint density at radius 2 is 1.96 bits per heavy atom. The second-order valence-electron chi connectivity index (χ2n) is 5.83. The minimum atomic E-state index is -0.443. The van der Waals surface area contributed by atoms with Crippen LogP contribution in [-0.4, -0.2) is 20.0 Å². The maximum atomic E-state index is 12.4. The first-order valence-corrected chi connectivity index (χ1v) is 8.61. The molecule has 3 rings (SSSR count). The predicted molar refractivity (Wildman–Crippen MR) is 98.6 cm³/mol. The molecule has 7 nitrogen and oxygen atoms in total. The first kappa shape index (κ1) is 17.1. The Kier molecular flexibility index (Phi) is 4.30. The Morgan fingerprint density at radius 3 is 2.60 bits per heavy atom. The number of thiophene rings is 1. The molecule has 25 heavy (non-hydrogen) atoms. The number of rotatable bonds is 3. The molecule has 0 unspecified atom stereocenters. The lowest BCUT2D eigenvalue weighted by Crippen LogP contribution is -2.37. The number of nitrogens with zero attached hydrogens (tertiary/aromatic N) is 3. The van der Waals surface area contributed by atoms with E-state index in [4.69, 9.17) is 0 Å². The van der Waals surface area contributed by atoms with Crippen LogP contribution in [0.25, 0.3) is 11.0 Å². The van der Waals surface area contributed by atoms with Gasteiger partial charge in [0, 0.05) is 19.0 Å². The second-order valence-corrected chi connectivity index (χ2v) is 6.96. The fourth-order valence-electron chi connectivity index (χ4n) is 2.71. The Hall–Kier alpha value is -2.74. The van der Waals surface area contributed by atoms with Gasteiger partial charge in [-0.3, -0.25) is 18.7 Å². The fraction of sp³-hybridized carbons (Fsp3) is 0.294. The SMILES string of the molecule is CCc1sc(C(=O)Nc2cnc3c(c2)c(=O)n(C)c(=O)n3C)cc1C. The van der Waals surface area contributed by atoms with Crippen LogP contribution in [0, 0.1) is 6.92 Å². The quantitative estimate of drug-likeness (QED) is 0.774. The standard InChI is InChI=1S/C17H18N4O3S/c1-5-12-9(2)6-13(25-12)15(22)19-10-7-11-14(18-8-10)20(3)17(24)21(4)16(11)23/h6-8H,5H2,1-4H3,(H,19,22). The molecule has 130 valence electrons. The summed E-state index contributed by atoms with van der Waals surface area (Å²) >= 11 is 1.46. The molecule has 3 aromatic rings. The average molecular weight is 358 g/mol. The summed E-state index contributed by atoms with van der Waals surface area (Å²) in [5.74, 6) is -0.240. The monoisotopic (exact) mass is 358 g/mol. The van der Waals surface area contributed by atoms with Crippen LogP contribution in [0.15, 0.2) is 27.9 Å². The molecule has 0 saturated carbocycles. The summed E-state index contributed by atoms with van der Waals surface area (Å²) in [6.07, 6.45) is 2.33. The van der Waals surface area contributed by atoms with Crippen molar-refractivity contribution in [2.24, 2.45) is 14.1 Å². The highest BCUT2D eigenvalue weighted by atomic mass is 32.1. The van der Waals surface area contributed by atoms with E-state index in [2.05, 4.69) is 10.3 Å². The van der Waals surface area contributed by atoms with Crippen molar-refractivity contribution < 1.29 is 4.79 Å². The van der Waals surface area contributed by atoms with E-state index < -0.39 is 11.2 Å². The van der Waals surface area contributed by atoms with Crippen molar-refractivity contribution in [2.45, 2.75) is 20.3 Å². The molecule has 8 heteroatoms. The second kappa shape index (κ2) is 6.29. The van der Waals surface area contributed by atoms with Crippen molar-refractivity contribution in [3.8, 4) is 0 Å². The number of aromatic nitrogens is 3. The van der Waals surface area contributed by atoms with Gasteiger partial charge in [-0.2, -0.15) is 0 Å². The van der Waals surface area contributed by atoms with Crippen LogP contribution in [0.5, 0.6) is 0 Å². The van der Waals surface area contributed by atoms with E-state index in [0.29, 0.717) is 10.6 Å². The average Bonchev–Trinajstić information content (AvgIpc) is 2.99. The van der Waals surface area contributed by atoms with Gasteiger partial charge in [0.05, 0.1) is 22.1 Å². The van der Waals surface area contributed by atoms with Gasteiger partial charge in [0.15, 0.2) is 0 Å². The van der Waals surface area contributed by atoms with E-state index in [9.17, 15) is 14.4 Å². The Morgan fingerprint density at radius 1 is 1.24 bits per heavy atom. The minimum Gasteiger partial charge on any atom is -0.320 e. The van der Waals surface area contributed by atoms with Crippen LogP contribution >= 0.6 is 11.3 Å². The molecule has 1 N–H and O–H groups in total. The number of carbonyl (C=O) groups is 1. The van der Waals surface area contributed by atoms with Crippen LogP contribution in [0.1, 0.15) is 27.0 Å². The molecule has 0 fully saturated rings. The Bertz CT molecular complexity index is 1110. The van der Waals surface area contributed by atoms with Crippen molar-refractivity contribution in [3.63, 3.8) is 0 Å². The fourth-order valence-corrected chi connectivity index (χ4v) is 3.72. The van der Waals surface area contributed by atoms with Crippen LogP contribution in [0.3, 0.4) is 0 Å². The van der Waals surface area contributed by atoms with E-state index in [1.54, 1.807) is 13.1 Å². The molecular formula is C17H18N4O3S. The summed E-state index contributed by atoms with van der Waals surface area (Å²) in [6.45, 7) is 4.03. The predicted octanol–water partition coefficient (Wildman–Crippen LogP) is 1.82. The third-order valence-electron chi connectivity index (χ3n) is 4.12. The molecule has 0 aliphatic heterocycles. The summed E-state index contributed by atoms with van der Waals surface area (Å²) in [4.78, 5) is 42.6. The first-order chi connectivity index (χ1) is 11.8. The molecule has 0 aromatic carbocycles. The van der Waals surface area contributed by atoms with Gasteiger partial charge in [-0.1, -0.05) is 6.92 Å². The molecule has 3 aromatic heterocycles. The number of hydrogen-bond acceptors (Lipinski definition) is 5. The molecule has 0 aliphatic rings. The number of amides is 1. The molecular weight excluding hydrogens is 340 g/mol. The Balaban J connectivity index is 2.01. The third kappa shape index (κ3) is 2.89. The summed E-state index contributed by atoms with van der Waals surface area (Å²) in [7, 11) is 2.96. The van der Waals surface area contributed by atoms with Crippen LogP contribution < -0.4 is 16.6 Å². The molecule has 0 saturated heterocycles. The lowest BCUT2D eigenvalue weighted by molar-refractivity contribution is 0.103. The van der Waals surface area contributed by atoms with Crippen LogP contribution in [0.4, 0.5) is 5.69 Å². The van der Waals surface area contributed by atoms with Crippen molar-refractivity contribution in [2.75, 3.05) is 5.32 Å². The minimum absolute atomic E-state index is 0.240. The number of hydrogen-bond donors (Lipinski definition) is 1. The maximum absolute atomic E-state index is 12.4. The van der Waals surface area contributed by atoms with Crippen molar-refractivity contribution in [1.29, 1.82) is 0 Å². The van der Waals surface area contributed by atoms with Gasteiger partial charge in [-0.05, 0) is 31.0 Å². The van der Waals surface area contributed by atoms with E-state index in [1.165, 1.54) is 34.0 Å². The molecule has 3 heterocycles. The molecule has 0 aliphatic carbocycles. The zero-order chi connectivity index (χ0) is 18.3. The van der Waals surface area contributed by atoms with E-state index in [0.717, 1.165) is 16.6 Å². The summed E-state index contributed by atoms with van der Waals surface area (Å²) < 4.78 is 2.32. The van der Waals surface area contributed by atoms with Gasteiger partial charge in [-0.25, -0.2) is 9.78 Å². The lowest BCUT2D eigenvalue weighted by Gasteiger charge is -2.08. The summed E-state index contributed by atoms with van der Waals surface area (Å²) in [5.41, 5.74) is 0.909. The van der Waals surface area contributed by atoms with Crippen molar-refractivity contribution >= 4 is 34.0 Å². The smallest absolute Gasteiger partial charge is 0.320 e. The maximum Gasteiger partial charge on any atom is 0.332 e. The molecule has 0 bridgehead atoms. The number of aryl methyl sites for hydroxylation is 3. The Labute approximate surface area is 147 Å². The van der Waals surface area contributed by atoms with Crippen LogP contribution in [0.2, 0.25) is 0 Å². The highest BCUT2D eigenvalue weighted by Crippen LogP contribution is 2.23. The largest absolute Gasteiger partial charge is 0.332 e. The van der Waals surface area contributed by atoms with E-state index in [1.807, 2.05) is 19.9 Å². The first-order valence-electron chi connectivity index (χ1n) is 7.80. The van der Waals surface area contributed by atoms with Gasteiger partial charge < -0.3 is 5.32 Å². The van der Waals surface area contributed by atoms with Gasteiger partial charge in [-0.15, -0.1) is 11.3 Å². The highest BCUT2D eigenvalue weighted by molar-refractivity contribution is 7.14. The van der Waals surface area contributed by atoms with Gasteiger partial charge >= 0.3 is 5.69 Å². The van der Waals surface area contributed by atoms with Crippen LogP contribution in [-0.2, 0) is 20.5 Å². The zero-order valence-electron chi connectivity index (χ0n) is 14.4. The number of anilines is 1. The summed E-state index contributed by atoms with van der Waals surface area (Å²) in [6, 6.07) is 3.40. The third-order valence-corrected chi connectivity index (χ3v) is 5.50. The number of carbonyl (C=O) groups excluding carboxylic acids is 1. The number of pyridine rings is 1. The van der Waals surface area contributed by atoms with Gasteiger partial charge in [0.25, 0.3) is 11.5 Å². The number of fused-ring (bicyclic) bond motifs is 1. The highest BCUT2D eigenvalue weighted by Gasteiger charge is 2.14. The van der Waals surface area contributed by atoms with Gasteiger partial charge in [0.1, 0.15) is 5.65 Å². The van der Waals surface area contributed by atoms with Gasteiger partial charge in [0.2, 0.25) is 0 Å². The topological polar surface area (TPSA) is 86.0 Å². The van der Waals surface area contributed by atoms with E-state index in [-0.39, 0.29) is 16.9 Å². The number of nitrogens with one attached hydrogen (secondary N) is 1. The lowest BCUT2D eigenvalue weighted by atomic mass is 10.2. The summed E-state index contributed by atoms with van der Waals surface area (Å²) in [5, 5.41) is 3.05. The molecule has 0 atom stereocenters.